The van der Waals surface area contributed by atoms with E-state index >= 15 is 0 Å². The van der Waals surface area contributed by atoms with Crippen LogP contribution >= 0.6 is 11.3 Å². The summed E-state index contributed by atoms with van der Waals surface area (Å²) in [6, 6.07) is 5.73. The van der Waals surface area contributed by atoms with Crippen LogP contribution in [0, 0.1) is 6.20 Å². The molecule has 0 spiro atoms. The van der Waals surface area contributed by atoms with Gasteiger partial charge in [0.15, 0.2) is 11.5 Å². The largest absolute Gasteiger partial charge is 0.493 e. The fraction of sp³-hybridized carbons (Fsp3) is 0.182. The van der Waals surface area contributed by atoms with Gasteiger partial charge in [0.05, 0.1) is 14.2 Å². The van der Waals surface area contributed by atoms with Gasteiger partial charge in [-0.15, -0.1) is 11.3 Å². The van der Waals surface area contributed by atoms with Crippen LogP contribution in [0.4, 0.5) is 0 Å². The van der Waals surface area contributed by atoms with Crippen LogP contribution in [-0.2, 0) is 0 Å². The summed E-state index contributed by atoms with van der Waals surface area (Å²) in [4.78, 5) is 4.11. The van der Waals surface area contributed by atoms with Crippen LogP contribution in [0.3, 0.4) is 0 Å². The molecule has 15 heavy (non-hydrogen) atoms. The van der Waals surface area contributed by atoms with Crippen molar-refractivity contribution in [2.45, 2.75) is 0 Å². The zero-order chi connectivity index (χ0) is 10.7. The molecule has 0 atom stereocenters. The van der Waals surface area contributed by atoms with E-state index in [1.165, 1.54) is 0 Å². The minimum absolute atomic E-state index is 0.713. The van der Waals surface area contributed by atoms with E-state index in [1.807, 2.05) is 23.6 Å². The van der Waals surface area contributed by atoms with Crippen molar-refractivity contribution < 1.29 is 9.47 Å². The standard InChI is InChI=1S/C11H10NO2S/c1-13-9-4-3-8(7-10(9)14-2)11-12-5-6-15-11/h3-4,6-7H,1-2H3. The average molecular weight is 220 g/mol. The van der Waals surface area contributed by atoms with Gasteiger partial charge in [-0.25, -0.2) is 4.98 Å². The second-order valence-corrected chi connectivity index (χ2v) is 3.71. The predicted molar refractivity (Wildman–Crippen MR) is 59.5 cm³/mol. The molecule has 0 amide bonds. The van der Waals surface area contributed by atoms with E-state index in [9.17, 15) is 0 Å². The van der Waals surface area contributed by atoms with Crippen LogP contribution in [0.2, 0.25) is 0 Å². The molecule has 1 heterocycles. The lowest BCUT2D eigenvalue weighted by Gasteiger charge is -2.07. The molecule has 0 aliphatic heterocycles. The minimum Gasteiger partial charge on any atom is -0.493 e. The molecule has 2 aromatic rings. The van der Waals surface area contributed by atoms with Crippen molar-refractivity contribution in [2.75, 3.05) is 14.2 Å². The molecule has 0 saturated heterocycles. The third-order valence-electron chi connectivity index (χ3n) is 2.02. The molecule has 2 rings (SSSR count). The number of benzene rings is 1. The van der Waals surface area contributed by atoms with Gasteiger partial charge in [0.25, 0.3) is 0 Å². The topological polar surface area (TPSA) is 31.4 Å². The molecule has 0 saturated carbocycles. The normalized spacial score (nSPS) is 10.0. The fourth-order valence-electron chi connectivity index (χ4n) is 1.30. The second kappa shape index (κ2) is 4.31. The summed E-state index contributed by atoms with van der Waals surface area (Å²) in [7, 11) is 3.24. The summed E-state index contributed by atoms with van der Waals surface area (Å²) in [6.45, 7) is 0. The van der Waals surface area contributed by atoms with E-state index in [2.05, 4.69) is 11.2 Å². The van der Waals surface area contributed by atoms with E-state index in [0.29, 0.717) is 5.75 Å². The fourth-order valence-corrected chi connectivity index (χ4v) is 1.88. The van der Waals surface area contributed by atoms with Gasteiger partial charge in [0, 0.05) is 10.9 Å². The molecule has 0 fully saturated rings. The summed E-state index contributed by atoms with van der Waals surface area (Å²) in [5.41, 5.74) is 1.01. The molecule has 0 bridgehead atoms. The van der Waals surface area contributed by atoms with Crippen LogP contribution < -0.4 is 9.47 Å². The van der Waals surface area contributed by atoms with Crippen molar-refractivity contribution >= 4 is 11.3 Å². The van der Waals surface area contributed by atoms with E-state index in [-0.39, 0.29) is 0 Å². The lowest BCUT2D eigenvalue weighted by molar-refractivity contribution is 0.355. The molecule has 0 aliphatic rings. The first-order valence-corrected chi connectivity index (χ1v) is 5.27. The Morgan fingerprint density at radius 2 is 2.00 bits per heavy atom. The summed E-state index contributed by atoms with van der Waals surface area (Å²) < 4.78 is 10.4. The molecule has 77 valence electrons. The zero-order valence-corrected chi connectivity index (χ0v) is 9.30. The third kappa shape index (κ3) is 1.94. The maximum atomic E-state index is 5.22. The quantitative estimate of drug-likeness (QED) is 0.796. The van der Waals surface area contributed by atoms with Crippen LogP contribution in [0.15, 0.2) is 23.6 Å². The second-order valence-electron chi connectivity index (χ2n) is 2.85. The Balaban J connectivity index is 2.43. The Kier molecular flexibility index (Phi) is 2.87. The van der Waals surface area contributed by atoms with Crippen molar-refractivity contribution in [2.24, 2.45) is 0 Å². The van der Waals surface area contributed by atoms with Crippen molar-refractivity contribution in [3.05, 3.63) is 29.8 Å². The maximum absolute atomic E-state index is 5.22. The van der Waals surface area contributed by atoms with Crippen molar-refractivity contribution in [3.8, 4) is 22.1 Å². The van der Waals surface area contributed by atoms with Crippen molar-refractivity contribution in [1.82, 2.24) is 4.98 Å². The Bertz CT molecular complexity index is 440. The van der Waals surface area contributed by atoms with Crippen LogP contribution in [0.1, 0.15) is 0 Å². The van der Waals surface area contributed by atoms with E-state index in [1.54, 1.807) is 25.6 Å². The number of aromatic nitrogens is 1. The highest BCUT2D eigenvalue weighted by Gasteiger charge is 2.07. The molecule has 1 aromatic heterocycles. The highest BCUT2D eigenvalue weighted by atomic mass is 32.1. The highest BCUT2D eigenvalue weighted by molar-refractivity contribution is 7.13. The van der Waals surface area contributed by atoms with Crippen molar-refractivity contribution in [3.63, 3.8) is 0 Å². The molecule has 0 unspecified atom stereocenters. The van der Waals surface area contributed by atoms with Gasteiger partial charge in [-0.2, -0.15) is 0 Å². The Morgan fingerprint density at radius 1 is 1.20 bits per heavy atom. The third-order valence-corrected chi connectivity index (χ3v) is 2.79. The van der Waals surface area contributed by atoms with Gasteiger partial charge in [-0.3, -0.25) is 0 Å². The van der Waals surface area contributed by atoms with Crippen LogP contribution in [-0.4, -0.2) is 19.2 Å². The van der Waals surface area contributed by atoms with E-state index in [0.717, 1.165) is 16.3 Å². The monoisotopic (exact) mass is 220 g/mol. The Labute approximate surface area is 92.3 Å². The lowest BCUT2D eigenvalue weighted by atomic mass is 10.2. The summed E-state index contributed by atoms with van der Waals surface area (Å²) in [5.74, 6) is 1.44. The Hall–Kier alpha value is -1.55. The van der Waals surface area contributed by atoms with Gasteiger partial charge >= 0.3 is 0 Å². The number of rotatable bonds is 3. The number of nitrogens with zero attached hydrogens (tertiary/aromatic N) is 1. The number of ether oxygens (including phenoxy) is 2. The summed E-state index contributed by atoms with van der Waals surface area (Å²) >= 11 is 1.55. The molecule has 1 aromatic carbocycles. The van der Waals surface area contributed by atoms with Gasteiger partial charge < -0.3 is 9.47 Å². The van der Waals surface area contributed by atoms with Crippen LogP contribution in [0.5, 0.6) is 11.5 Å². The van der Waals surface area contributed by atoms with Crippen molar-refractivity contribution in [1.29, 1.82) is 0 Å². The first kappa shape index (κ1) is 9.98. The Morgan fingerprint density at radius 3 is 2.60 bits per heavy atom. The van der Waals surface area contributed by atoms with Gasteiger partial charge in [-0.05, 0) is 18.2 Å². The lowest BCUT2D eigenvalue weighted by Crippen LogP contribution is -1.90. The minimum atomic E-state index is 0.713. The molecule has 0 aliphatic carbocycles. The molecular weight excluding hydrogens is 210 g/mol. The van der Waals surface area contributed by atoms with Gasteiger partial charge in [0.1, 0.15) is 11.2 Å². The van der Waals surface area contributed by atoms with Gasteiger partial charge in [0.2, 0.25) is 0 Å². The maximum Gasteiger partial charge on any atom is 0.161 e. The van der Waals surface area contributed by atoms with E-state index in [4.69, 9.17) is 9.47 Å². The summed E-state index contributed by atoms with van der Waals surface area (Å²) in [6.07, 6.45) is 2.79. The van der Waals surface area contributed by atoms with Gasteiger partial charge in [-0.1, -0.05) is 0 Å². The first-order chi connectivity index (χ1) is 7.35. The molecular formula is C11H10NO2S. The SMILES string of the molecule is COc1ccc(-c2n[c]cs2)cc1OC. The smallest absolute Gasteiger partial charge is 0.161 e. The van der Waals surface area contributed by atoms with E-state index < -0.39 is 0 Å². The highest BCUT2D eigenvalue weighted by Crippen LogP contribution is 2.32. The number of hydrogen-bond donors (Lipinski definition) is 0. The summed E-state index contributed by atoms with van der Waals surface area (Å²) in [5, 5.41) is 2.75. The predicted octanol–water partition coefficient (Wildman–Crippen LogP) is 2.63. The first-order valence-electron chi connectivity index (χ1n) is 4.39. The average Bonchev–Trinajstić information content (AvgIpc) is 2.81. The number of hydrogen-bond acceptors (Lipinski definition) is 4. The number of methoxy groups -OCH3 is 2. The molecule has 1 radical (unpaired) electrons. The number of thiazole rings is 1. The molecule has 3 nitrogen and oxygen atoms in total. The molecule has 4 heteroatoms. The van der Waals surface area contributed by atoms with Crippen LogP contribution in [0.25, 0.3) is 10.6 Å². The molecule has 0 N–H and O–H groups in total. The zero-order valence-electron chi connectivity index (χ0n) is 8.48.